The summed E-state index contributed by atoms with van der Waals surface area (Å²) in [6.07, 6.45) is 12.8. The van der Waals surface area contributed by atoms with Crippen LogP contribution in [-0.4, -0.2) is 40.0 Å². The minimum absolute atomic E-state index is 0.275. The molecule has 2 atom stereocenters. The van der Waals surface area contributed by atoms with Gasteiger partial charge in [-0.05, 0) is 19.3 Å². The van der Waals surface area contributed by atoms with E-state index in [1.54, 1.807) is 21.3 Å². The fraction of sp³-hybridized carbons (Fsp3) is 1.00. The van der Waals surface area contributed by atoms with Gasteiger partial charge < -0.3 is 18.9 Å². The van der Waals surface area contributed by atoms with E-state index in [-0.39, 0.29) is 5.92 Å². The van der Waals surface area contributed by atoms with Crippen LogP contribution >= 0.6 is 0 Å². The molecule has 1 fully saturated rings. The quantitative estimate of drug-likeness (QED) is 0.253. The molecule has 0 radical (unpaired) electrons. The van der Waals surface area contributed by atoms with Crippen molar-refractivity contribution in [2.45, 2.75) is 83.2 Å². The molecule has 4 heteroatoms. The van der Waals surface area contributed by atoms with E-state index in [1.807, 2.05) is 0 Å². The second-order valence-corrected chi connectivity index (χ2v) is 6.36. The van der Waals surface area contributed by atoms with Crippen LogP contribution < -0.4 is 0 Å². The summed E-state index contributed by atoms with van der Waals surface area (Å²) in [5.41, 5.74) is 0. The number of ether oxygens (including phenoxy) is 4. The van der Waals surface area contributed by atoms with Gasteiger partial charge >= 0.3 is 0 Å². The van der Waals surface area contributed by atoms with Crippen LogP contribution in [0.4, 0.5) is 0 Å². The van der Waals surface area contributed by atoms with E-state index in [0.29, 0.717) is 6.10 Å². The molecule has 0 spiro atoms. The van der Waals surface area contributed by atoms with Gasteiger partial charge in [-0.1, -0.05) is 51.9 Å². The first kappa shape index (κ1) is 19.9. The maximum Gasteiger partial charge on any atom is 0.285 e. The van der Waals surface area contributed by atoms with Gasteiger partial charge in [-0.2, -0.15) is 0 Å². The lowest BCUT2D eigenvalue weighted by Gasteiger charge is -2.36. The summed E-state index contributed by atoms with van der Waals surface area (Å²) in [7, 11) is 5.02. The van der Waals surface area contributed by atoms with Crippen molar-refractivity contribution in [2.24, 2.45) is 5.92 Å². The van der Waals surface area contributed by atoms with Crippen LogP contribution in [0.15, 0.2) is 0 Å². The lowest BCUT2D eigenvalue weighted by atomic mass is 9.92. The van der Waals surface area contributed by atoms with Gasteiger partial charge in [0.25, 0.3) is 5.97 Å². The van der Waals surface area contributed by atoms with Crippen molar-refractivity contribution >= 4 is 0 Å². The maximum atomic E-state index is 5.59. The third-order valence-electron chi connectivity index (χ3n) is 4.74. The van der Waals surface area contributed by atoms with Gasteiger partial charge in [-0.3, -0.25) is 0 Å². The number of hydrogen-bond acceptors (Lipinski definition) is 4. The molecule has 0 amide bonds. The van der Waals surface area contributed by atoms with Crippen molar-refractivity contribution < 1.29 is 18.9 Å². The number of unbranched alkanes of at least 4 members (excludes halogenated alkanes) is 5. The van der Waals surface area contributed by atoms with E-state index >= 15 is 0 Å². The van der Waals surface area contributed by atoms with Crippen molar-refractivity contribution in [3.8, 4) is 0 Å². The Morgan fingerprint density at radius 3 is 2.00 bits per heavy atom. The molecule has 4 nitrogen and oxygen atoms in total. The van der Waals surface area contributed by atoms with Gasteiger partial charge in [0.2, 0.25) is 0 Å². The lowest BCUT2D eigenvalue weighted by Crippen LogP contribution is -2.44. The molecule has 1 aliphatic heterocycles. The smallest absolute Gasteiger partial charge is 0.285 e. The normalized spacial score (nSPS) is 19.4. The monoisotopic (exact) mass is 316 g/mol. The van der Waals surface area contributed by atoms with Crippen LogP contribution in [0, 0.1) is 5.92 Å². The second kappa shape index (κ2) is 11.4. The molecule has 1 aliphatic rings. The number of methoxy groups -OCH3 is 3. The minimum Gasteiger partial charge on any atom is -0.373 e. The van der Waals surface area contributed by atoms with E-state index in [9.17, 15) is 0 Å². The third kappa shape index (κ3) is 6.95. The molecule has 2 unspecified atom stereocenters. The zero-order valence-electron chi connectivity index (χ0n) is 15.1. The average Bonchev–Trinajstić information content (AvgIpc) is 3.36. The standard InChI is InChI=1S/C18H36O4/c1-5-6-7-8-9-10-12-16(13-11-14-17-15-22-17)18(19-2,20-3)21-4/h16-17H,5-15H2,1-4H3. The molecule has 22 heavy (non-hydrogen) atoms. The Labute approximate surface area is 136 Å². The first-order chi connectivity index (χ1) is 10.7. The van der Waals surface area contributed by atoms with Gasteiger partial charge in [0, 0.05) is 27.2 Å². The third-order valence-corrected chi connectivity index (χ3v) is 4.74. The molecule has 1 saturated heterocycles. The summed E-state index contributed by atoms with van der Waals surface area (Å²) in [5.74, 6) is -0.620. The first-order valence-electron chi connectivity index (χ1n) is 8.99. The molecule has 1 rings (SSSR count). The van der Waals surface area contributed by atoms with Gasteiger partial charge in [-0.15, -0.1) is 0 Å². The molecule has 132 valence electrons. The second-order valence-electron chi connectivity index (χ2n) is 6.36. The fourth-order valence-corrected chi connectivity index (χ4v) is 3.25. The average molecular weight is 316 g/mol. The largest absolute Gasteiger partial charge is 0.373 e. The summed E-state index contributed by atoms with van der Waals surface area (Å²) in [6, 6.07) is 0. The molecule has 0 aromatic rings. The fourth-order valence-electron chi connectivity index (χ4n) is 3.25. The van der Waals surface area contributed by atoms with Gasteiger partial charge in [-0.25, -0.2) is 0 Å². The van der Waals surface area contributed by atoms with Crippen molar-refractivity contribution in [2.75, 3.05) is 27.9 Å². The maximum absolute atomic E-state index is 5.59. The van der Waals surface area contributed by atoms with Crippen molar-refractivity contribution in [3.05, 3.63) is 0 Å². The molecule has 0 aromatic carbocycles. The van der Waals surface area contributed by atoms with Crippen LogP contribution in [0.1, 0.15) is 71.1 Å². The molecule has 0 aromatic heterocycles. The van der Waals surface area contributed by atoms with Crippen molar-refractivity contribution in [1.82, 2.24) is 0 Å². The highest BCUT2D eigenvalue weighted by molar-refractivity contribution is 4.74. The van der Waals surface area contributed by atoms with Crippen molar-refractivity contribution in [1.29, 1.82) is 0 Å². The summed E-state index contributed by atoms with van der Waals surface area (Å²) in [5, 5.41) is 0. The highest BCUT2D eigenvalue weighted by Crippen LogP contribution is 2.33. The lowest BCUT2D eigenvalue weighted by molar-refractivity contribution is -0.380. The molecule has 0 saturated carbocycles. The Morgan fingerprint density at radius 2 is 1.45 bits per heavy atom. The molecule has 0 bridgehead atoms. The van der Waals surface area contributed by atoms with E-state index in [2.05, 4.69) is 6.92 Å². The Morgan fingerprint density at radius 1 is 0.909 bits per heavy atom. The summed E-state index contributed by atoms with van der Waals surface area (Å²) in [4.78, 5) is 0. The van der Waals surface area contributed by atoms with Crippen molar-refractivity contribution in [3.63, 3.8) is 0 Å². The Balaban J connectivity index is 2.37. The Kier molecular flexibility index (Phi) is 10.3. The number of rotatable bonds is 15. The molecule has 1 heterocycles. The van der Waals surface area contributed by atoms with E-state index in [4.69, 9.17) is 18.9 Å². The molecule has 0 N–H and O–H groups in total. The predicted molar refractivity (Wildman–Crippen MR) is 88.8 cm³/mol. The van der Waals surface area contributed by atoms with Gasteiger partial charge in [0.05, 0.1) is 12.7 Å². The van der Waals surface area contributed by atoms with Crippen LogP contribution in [0.5, 0.6) is 0 Å². The predicted octanol–water partition coefficient (Wildman–Crippen LogP) is 4.52. The summed E-state index contributed by atoms with van der Waals surface area (Å²) >= 11 is 0. The molecular formula is C18H36O4. The minimum atomic E-state index is -0.895. The van der Waals surface area contributed by atoms with Crippen LogP contribution in [0.3, 0.4) is 0 Å². The summed E-state index contributed by atoms with van der Waals surface area (Å²) in [6.45, 7) is 3.19. The number of epoxide rings is 1. The summed E-state index contributed by atoms with van der Waals surface area (Å²) < 4.78 is 22.1. The highest BCUT2D eigenvalue weighted by Gasteiger charge is 2.39. The Bertz CT molecular complexity index is 254. The van der Waals surface area contributed by atoms with E-state index < -0.39 is 5.97 Å². The van der Waals surface area contributed by atoms with E-state index in [1.165, 1.54) is 38.5 Å². The van der Waals surface area contributed by atoms with Gasteiger partial charge in [0.15, 0.2) is 0 Å². The SMILES string of the molecule is CCCCCCCCC(CCCC1CO1)C(OC)(OC)OC. The highest BCUT2D eigenvalue weighted by atomic mass is 16.9. The topological polar surface area (TPSA) is 40.2 Å². The zero-order chi connectivity index (χ0) is 16.3. The van der Waals surface area contributed by atoms with Crippen LogP contribution in [0.25, 0.3) is 0 Å². The molecule has 0 aliphatic carbocycles. The van der Waals surface area contributed by atoms with Gasteiger partial charge in [0.1, 0.15) is 0 Å². The number of hydrogen-bond donors (Lipinski definition) is 0. The van der Waals surface area contributed by atoms with Crippen LogP contribution in [-0.2, 0) is 18.9 Å². The first-order valence-corrected chi connectivity index (χ1v) is 8.99. The Hall–Kier alpha value is -0.160. The van der Waals surface area contributed by atoms with E-state index in [0.717, 1.165) is 32.3 Å². The molecular weight excluding hydrogens is 280 g/mol. The zero-order valence-corrected chi connectivity index (χ0v) is 15.1. The van der Waals surface area contributed by atoms with Crippen LogP contribution in [0.2, 0.25) is 0 Å².